The van der Waals surface area contributed by atoms with E-state index in [0.29, 0.717) is 35.8 Å². The first-order valence-electron chi connectivity index (χ1n) is 15.8. The number of phenolic OH excluding ortho intramolecular Hbond substituents is 1. The number of rotatable bonds is 14. The summed E-state index contributed by atoms with van der Waals surface area (Å²) in [5, 5.41) is 21.0. The van der Waals surface area contributed by atoms with Gasteiger partial charge in [0.15, 0.2) is 0 Å². The van der Waals surface area contributed by atoms with E-state index in [1.54, 1.807) is 0 Å². The Kier molecular flexibility index (Phi) is 10.6. The van der Waals surface area contributed by atoms with Crippen LogP contribution in [-0.4, -0.2) is 44.1 Å². The number of benzene rings is 1. The van der Waals surface area contributed by atoms with Gasteiger partial charge in [-0.2, -0.15) is 22.0 Å². The Morgan fingerprint density at radius 2 is 1.60 bits per heavy atom. The van der Waals surface area contributed by atoms with Crippen LogP contribution in [0.1, 0.15) is 114 Å². The summed E-state index contributed by atoms with van der Waals surface area (Å²) in [4.78, 5) is 0. The summed E-state index contributed by atoms with van der Waals surface area (Å²) in [7, 11) is -3.14. The van der Waals surface area contributed by atoms with Gasteiger partial charge in [0.05, 0.1) is 6.10 Å². The number of hydrogen-bond donors (Lipinski definition) is 3. The van der Waals surface area contributed by atoms with E-state index >= 15 is 0 Å². The van der Waals surface area contributed by atoms with Gasteiger partial charge in [0.25, 0.3) is 0 Å². The van der Waals surface area contributed by atoms with E-state index < -0.39 is 40.4 Å². The summed E-state index contributed by atoms with van der Waals surface area (Å²) >= 11 is 0. The Balaban J connectivity index is 1.17. The number of fused-ring (bicyclic) bond motifs is 5. The highest BCUT2D eigenvalue weighted by atomic mass is 32.2. The van der Waals surface area contributed by atoms with Crippen LogP contribution in [-0.2, 0) is 16.1 Å². The van der Waals surface area contributed by atoms with Gasteiger partial charge < -0.3 is 10.2 Å². The van der Waals surface area contributed by atoms with Crippen molar-refractivity contribution in [2.24, 2.45) is 23.2 Å². The molecule has 4 rings (SSSR count). The zero-order chi connectivity index (χ0) is 30.8. The predicted octanol–water partition coefficient (Wildman–Crippen LogP) is 8.98. The maximum atomic E-state index is 13.0. The Labute approximate surface area is 247 Å². The van der Waals surface area contributed by atoms with Crippen molar-refractivity contribution in [2.45, 2.75) is 127 Å². The molecule has 0 amide bonds. The second-order valence-electron chi connectivity index (χ2n) is 13.6. The van der Waals surface area contributed by atoms with Crippen LogP contribution in [0.5, 0.6) is 5.75 Å². The third kappa shape index (κ3) is 7.62. The molecule has 3 aliphatic rings. The quantitative estimate of drug-likeness (QED) is 0.143. The van der Waals surface area contributed by atoms with E-state index in [4.69, 9.17) is 4.78 Å². The largest absolute Gasteiger partial charge is 0.508 e. The highest BCUT2D eigenvalue weighted by molar-refractivity contribution is 7.92. The summed E-state index contributed by atoms with van der Waals surface area (Å²) in [6, 6.07) is 5.89. The van der Waals surface area contributed by atoms with Gasteiger partial charge in [-0.25, -0.2) is 4.21 Å². The normalized spacial score (nSPS) is 30.8. The molecule has 240 valence electrons. The van der Waals surface area contributed by atoms with E-state index in [1.165, 1.54) is 11.1 Å². The van der Waals surface area contributed by atoms with Gasteiger partial charge in [-0.3, -0.25) is 4.78 Å². The summed E-state index contributed by atoms with van der Waals surface area (Å²) in [5.74, 6) is -2.72. The number of hydrogen-bond acceptors (Lipinski definition) is 4. The van der Waals surface area contributed by atoms with Gasteiger partial charge in [0, 0.05) is 27.7 Å². The van der Waals surface area contributed by atoms with Gasteiger partial charge in [-0.1, -0.05) is 51.5 Å². The number of alkyl halides is 5. The first-order valence-corrected chi connectivity index (χ1v) is 17.7. The van der Waals surface area contributed by atoms with Crippen molar-refractivity contribution >= 4 is 9.73 Å². The predicted molar refractivity (Wildman–Crippen MR) is 155 cm³/mol. The lowest BCUT2D eigenvalue weighted by molar-refractivity contribution is -0.284. The molecule has 0 radical (unpaired) electrons. The van der Waals surface area contributed by atoms with Crippen molar-refractivity contribution in [1.82, 2.24) is 0 Å². The van der Waals surface area contributed by atoms with E-state index in [9.17, 15) is 36.4 Å². The molecule has 1 aromatic carbocycles. The lowest BCUT2D eigenvalue weighted by Gasteiger charge is -2.53. The van der Waals surface area contributed by atoms with Gasteiger partial charge in [0.2, 0.25) is 0 Å². The van der Waals surface area contributed by atoms with Crippen LogP contribution in [0.25, 0.3) is 0 Å². The zero-order valence-electron chi connectivity index (χ0n) is 24.7. The van der Waals surface area contributed by atoms with Crippen LogP contribution in [0.3, 0.4) is 0 Å². The molecule has 1 unspecified atom stereocenters. The lowest BCUT2D eigenvalue weighted by atomic mass is 9.52. The molecular weight excluding hydrogens is 573 g/mol. The molecule has 0 aromatic heterocycles. The molecular formula is C32H48F5NO3S. The van der Waals surface area contributed by atoms with Crippen molar-refractivity contribution < 1.29 is 36.4 Å². The van der Waals surface area contributed by atoms with Gasteiger partial charge in [-0.05, 0) is 104 Å². The topological polar surface area (TPSA) is 81.4 Å². The summed E-state index contributed by atoms with van der Waals surface area (Å²) in [6.07, 6.45) is 4.92. The first kappa shape index (κ1) is 33.5. The number of halogens is 5. The third-order valence-corrected chi connectivity index (χ3v) is 12.7. The molecule has 7 atom stereocenters. The number of aliphatic hydroxyl groups excluding tert-OH is 1. The van der Waals surface area contributed by atoms with Crippen LogP contribution in [0.2, 0.25) is 0 Å². The number of unbranched alkanes of at least 4 members (excludes halogenated alkanes) is 6. The van der Waals surface area contributed by atoms with E-state index in [0.717, 1.165) is 77.0 Å². The molecule has 3 N–H and O–H groups in total. The van der Waals surface area contributed by atoms with Gasteiger partial charge in [0.1, 0.15) is 5.75 Å². The molecule has 10 heteroatoms. The van der Waals surface area contributed by atoms with Crippen LogP contribution in [0.4, 0.5) is 22.0 Å². The van der Waals surface area contributed by atoms with E-state index in [-0.39, 0.29) is 17.3 Å². The third-order valence-electron chi connectivity index (χ3n) is 10.8. The Morgan fingerprint density at radius 1 is 0.952 bits per heavy atom. The number of aromatic hydroxyl groups is 1. The minimum absolute atomic E-state index is 0.00439. The highest BCUT2D eigenvalue weighted by Crippen LogP contribution is 2.62. The maximum Gasteiger partial charge on any atom is 0.453 e. The van der Waals surface area contributed by atoms with Crippen LogP contribution >= 0.6 is 0 Å². The van der Waals surface area contributed by atoms with Crippen molar-refractivity contribution in [2.75, 3.05) is 11.5 Å². The van der Waals surface area contributed by atoms with Crippen molar-refractivity contribution in [3.63, 3.8) is 0 Å². The molecule has 0 spiro atoms. The minimum Gasteiger partial charge on any atom is -0.508 e. The van der Waals surface area contributed by atoms with Gasteiger partial charge in [-0.15, -0.1) is 0 Å². The van der Waals surface area contributed by atoms with Crippen molar-refractivity contribution in [1.29, 1.82) is 4.78 Å². The van der Waals surface area contributed by atoms with Crippen LogP contribution in [0, 0.1) is 27.9 Å². The van der Waals surface area contributed by atoms with E-state index in [2.05, 4.69) is 13.0 Å². The minimum atomic E-state index is -5.61. The fraction of sp³-hybridized carbons (Fsp3) is 0.812. The van der Waals surface area contributed by atoms with Crippen LogP contribution in [0.15, 0.2) is 18.2 Å². The monoisotopic (exact) mass is 621 g/mol. The number of nitrogens with one attached hydrogen (secondary N) is 1. The van der Waals surface area contributed by atoms with Crippen molar-refractivity contribution in [3.8, 4) is 5.75 Å². The zero-order valence-corrected chi connectivity index (χ0v) is 25.6. The molecule has 0 heterocycles. The SMILES string of the molecule is C[C@]12CC[C@@H]3c4ccc(O)cc4C[C@@H](CCCCCCCCCS(=N)(=O)CCCC(F)(F)C(F)(F)F)[C@H]3[C@@H]1CC[C@@H]2O. The number of phenols is 1. The Morgan fingerprint density at radius 3 is 2.29 bits per heavy atom. The molecule has 42 heavy (non-hydrogen) atoms. The molecule has 3 aliphatic carbocycles. The fourth-order valence-electron chi connectivity index (χ4n) is 8.43. The molecule has 1 aromatic rings. The first-order chi connectivity index (χ1) is 19.6. The second kappa shape index (κ2) is 13.3. The Hall–Kier alpha value is -1.42. The van der Waals surface area contributed by atoms with Crippen molar-refractivity contribution in [3.05, 3.63) is 29.3 Å². The summed E-state index contributed by atoms with van der Waals surface area (Å²) < 4.78 is 82.9. The van der Waals surface area contributed by atoms with Gasteiger partial charge >= 0.3 is 12.1 Å². The Bertz CT molecular complexity index is 1160. The molecule has 0 aliphatic heterocycles. The van der Waals surface area contributed by atoms with Crippen LogP contribution < -0.4 is 0 Å². The fourth-order valence-corrected chi connectivity index (χ4v) is 9.91. The maximum absolute atomic E-state index is 13.0. The van der Waals surface area contributed by atoms with E-state index in [1.807, 2.05) is 12.1 Å². The lowest BCUT2D eigenvalue weighted by Crippen LogP contribution is -2.47. The average Bonchev–Trinajstić information content (AvgIpc) is 3.20. The average molecular weight is 622 g/mol. The second-order valence-corrected chi connectivity index (χ2v) is 16.0. The molecule has 4 nitrogen and oxygen atoms in total. The molecule has 0 saturated heterocycles. The summed E-state index contributed by atoms with van der Waals surface area (Å²) in [5.41, 5.74) is 2.68. The molecule has 2 saturated carbocycles. The smallest absolute Gasteiger partial charge is 0.453 e. The summed E-state index contributed by atoms with van der Waals surface area (Å²) in [6.45, 7) is 2.29. The highest BCUT2D eigenvalue weighted by Gasteiger charge is 2.57. The standard InChI is InChI=1S/C32H48F5NO3S/c1-30-17-15-26-25-12-11-24(39)21-23(25)20-22(29(26)27(30)13-14-28(30)40)10-7-5-3-2-4-6-8-18-42(38,41)19-9-16-31(33,34)32(35,36)37/h11-12,21-22,26-29,38-40H,2-10,13-20H2,1H3/t22-,26-,27+,28+,29-,30+,42?/m1/s1. The molecule has 2 fully saturated rings. The molecule has 0 bridgehead atoms. The number of aliphatic hydroxyl groups is 1.